The van der Waals surface area contributed by atoms with Crippen molar-refractivity contribution in [2.75, 3.05) is 5.32 Å². The molecule has 0 aromatic carbocycles. The van der Waals surface area contributed by atoms with Gasteiger partial charge in [0.25, 0.3) is 0 Å². The molecule has 16 heavy (non-hydrogen) atoms. The average Bonchev–Trinajstić information content (AvgIpc) is 2.74. The molecule has 1 N–H and O–H groups in total. The molecule has 0 amide bonds. The molecule has 0 aliphatic rings. The lowest BCUT2D eigenvalue weighted by Crippen LogP contribution is -1.98. The maximum atomic E-state index is 4.12. The molecule has 0 atom stereocenters. The Kier molecular flexibility index (Phi) is 3.00. The summed E-state index contributed by atoms with van der Waals surface area (Å²) in [6.45, 7) is 6.40. The highest BCUT2D eigenvalue weighted by atomic mass is 15.2. The fraction of sp³-hybridized carbons (Fsp3) is 0.167. The molecular weight excluding hydrogens is 200 g/mol. The van der Waals surface area contributed by atoms with Crippen molar-refractivity contribution in [3.63, 3.8) is 0 Å². The Hall–Kier alpha value is -2.10. The van der Waals surface area contributed by atoms with Crippen molar-refractivity contribution in [3.05, 3.63) is 48.6 Å². The Bertz CT molecular complexity index is 487. The quantitative estimate of drug-likeness (QED) is 0.849. The molecule has 2 aromatic heterocycles. The third kappa shape index (κ3) is 2.48. The van der Waals surface area contributed by atoms with Crippen LogP contribution in [-0.2, 0) is 6.54 Å². The predicted molar refractivity (Wildman–Crippen MR) is 64.9 cm³/mol. The van der Waals surface area contributed by atoms with Crippen LogP contribution in [0, 0.1) is 6.92 Å². The number of hydrogen-bond acceptors (Lipinski definition) is 3. The van der Waals surface area contributed by atoms with Crippen molar-refractivity contribution in [1.82, 2.24) is 14.8 Å². The SMILES string of the molecule is C=Cn1cc(CNc2cncc(C)c2)cn1. The molecule has 0 unspecified atom stereocenters. The molecule has 0 saturated heterocycles. The van der Waals surface area contributed by atoms with Crippen molar-refractivity contribution < 1.29 is 0 Å². The van der Waals surface area contributed by atoms with E-state index in [0.717, 1.165) is 23.4 Å². The van der Waals surface area contributed by atoms with E-state index >= 15 is 0 Å². The van der Waals surface area contributed by atoms with Crippen LogP contribution in [-0.4, -0.2) is 14.8 Å². The van der Waals surface area contributed by atoms with E-state index in [1.807, 2.05) is 31.7 Å². The maximum absolute atomic E-state index is 4.12. The van der Waals surface area contributed by atoms with Crippen LogP contribution in [0.5, 0.6) is 0 Å². The molecule has 0 spiro atoms. The number of pyridine rings is 1. The molecule has 0 fully saturated rings. The summed E-state index contributed by atoms with van der Waals surface area (Å²) in [5, 5.41) is 7.40. The Morgan fingerprint density at radius 1 is 1.44 bits per heavy atom. The van der Waals surface area contributed by atoms with Gasteiger partial charge in [-0.15, -0.1) is 0 Å². The van der Waals surface area contributed by atoms with Gasteiger partial charge < -0.3 is 5.32 Å². The highest BCUT2D eigenvalue weighted by molar-refractivity contribution is 5.42. The van der Waals surface area contributed by atoms with E-state index in [0.29, 0.717) is 0 Å². The van der Waals surface area contributed by atoms with Crippen LogP contribution in [0.3, 0.4) is 0 Å². The normalized spacial score (nSPS) is 10.1. The summed E-state index contributed by atoms with van der Waals surface area (Å²) in [4.78, 5) is 4.12. The summed E-state index contributed by atoms with van der Waals surface area (Å²) in [5.41, 5.74) is 3.28. The lowest BCUT2D eigenvalue weighted by molar-refractivity contribution is 0.936. The first-order chi connectivity index (χ1) is 7.78. The number of anilines is 1. The molecule has 0 saturated carbocycles. The fourth-order valence-corrected chi connectivity index (χ4v) is 1.42. The van der Waals surface area contributed by atoms with Crippen molar-refractivity contribution in [1.29, 1.82) is 0 Å². The van der Waals surface area contributed by atoms with Gasteiger partial charge in [0.05, 0.1) is 11.9 Å². The van der Waals surface area contributed by atoms with Crippen LogP contribution in [0.2, 0.25) is 0 Å². The minimum Gasteiger partial charge on any atom is -0.380 e. The van der Waals surface area contributed by atoms with Gasteiger partial charge in [0, 0.05) is 36.9 Å². The summed E-state index contributed by atoms with van der Waals surface area (Å²) in [6.07, 6.45) is 9.06. The summed E-state index contributed by atoms with van der Waals surface area (Å²) in [7, 11) is 0. The van der Waals surface area contributed by atoms with Gasteiger partial charge in [-0.1, -0.05) is 6.58 Å². The largest absolute Gasteiger partial charge is 0.380 e. The van der Waals surface area contributed by atoms with Gasteiger partial charge in [-0.3, -0.25) is 4.98 Å². The van der Waals surface area contributed by atoms with Crippen LogP contribution < -0.4 is 5.32 Å². The number of aromatic nitrogens is 3. The third-order valence-corrected chi connectivity index (χ3v) is 2.21. The Morgan fingerprint density at radius 3 is 3.00 bits per heavy atom. The van der Waals surface area contributed by atoms with Crippen LogP contribution in [0.15, 0.2) is 37.4 Å². The predicted octanol–water partition coefficient (Wildman–Crippen LogP) is 2.30. The lowest BCUT2D eigenvalue weighted by Gasteiger charge is -2.04. The first kappa shape index (κ1) is 10.4. The van der Waals surface area contributed by atoms with E-state index in [2.05, 4.69) is 28.0 Å². The molecule has 2 aromatic rings. The van der Waals surface area contributed by atoms with Gasteiger partial charge in [0.15, 0.2) is 0 Å². The zero-order valence-electron chi connectivity index (χ0n) is 9.22. The average molecular weight is 214 g/mol. The summed E-state index contributed by atoms with van der Waals surface area (Å²) in [5.74, 6) is 0. The number of hydrogen-bond donors (Lipinski definition) is 1. The third-order valence-electron chi connectivity index (χ3n) is 2.21. The number of nitrogens with one attached hydrogen (secondary N) is 1. The van der Waals surface area contributed by atoms with E-state index in [1.54, 1.807) is 10.9 Å². The smallest absolute Gasteiger partial charge is 0.0543 e. The standard InChI is InChI=1S/C12H14N4/c1-3-16-9-11(7-15-16)6-14-12-4-10(2)5-13-8-12/h3-5,7-9,14H,1,6H2,2H3. The first-order valence-corrected chi connectivity index (χ1v) is 5.09. The van der Waals surface area contributed by atoms with E-state index in [1.165, 1.54) is 0 Å². The van der Waals surface area contributed by atoms with Gasteiger partial charge in [0.1, 0.15) is 0 Å². The number of aryl methyl sites for hydroxylation is 1. The molecule has 0 bridgehead atoms. The van der Waals surface area contributed by atoms with Gasteiger partial charge in [-0.2, -0.15) is 5.10 Å². The number of nitrogens with zero attached hydrogens (tertiary/aromatic N) is 3. The fourth-order valence-electron chi connectivity index (χ4n) is 1.42. The maximum Gasteiger partial charge on any atom is 0.0543 e. The van der Waals surface area contributed by atoms with E-state index in [-0.39, 0.29) is 0 Å². The Balaban J connectivity index is 1.99. The second-order valence-electron chi connectivity index (χ2n) is 3.62. The van der Waals surface area contributed by atoms with Crippen LogP contribution in [0.1, 0.15) is 11.1 Å². The van der Waals surface area contributed by atoms with Crippen molar-refractivity contribution >= 4 is 11.9 Å². The summed E-state index contributed by atoms with van der Waals surface area (Å²) < 4.78 is 1.69. The number of rotatable bonds is 4. The van der Waals surface area contributed by atoms with Crippen LogP contribution >= 0.6 is 0 Å². The molecule has 0 aliphatic heterocycles. The van der Waals surface area contributed by atoms with Gasteiger partial charge in [0.2, 0.25) is 0 Å². The van der Waals surface area contributed by atoms with E-state index in [4.69, 9.17) is 0 Å². The molecule has 2 rings (SSSR count). The molecule has 2 heterocycles. The van der Waals surface area contributed by atoms with E-state index in [9.17, 15) is 0 Å². The van der Waals surface area contributed by atoms with Crippen molar-refractivity contribution in [3.8, 4) is 0 Å². The molecule has 0 aliphatic carbocycles. The van der Waals surface area contributed by atoms with Crippen LogP contribution in [0.25, 0.3) is 6.20 Å². The Morgan fingerprint density at radius 2 is 2.31 bits per heavy atom. The van der Waals surface area contributed by atoms with Crippen molar-refractivity contribution in [2.45, 2.75) is 13.5 Å². The molecule has 82 valence electrons. The highest BCUT2D eigenvalue weighted by Crippen LogP contribution is 2.09. The van der Waals surface area contributed by atoms with Gasteiger partial charge in [-0.05, 0) is 18.6 Å². The second-order valence-corrected chi connectivity index (χ2v) is 3.62. The summed E-state index contributed by atoms with van der Waals surface area (Å²) >= 11 is 0. The van der Waals surface area contributed by atoms with Gasteiger partial charge in [-0.25, -0.2) is 4.68 Å². The van der Waals surface area contributed by atoms with Crippen molar-refractivity contribution in [2.24, 2.45) is 0 Å². The molecule has 0 radical (unpaired) electrons. The van der Waals surface area contributed by atoms with E-state index < -0.39 is 0 Å². The minimum atomic E-state index is 0.735. The first-order valence-electron chi connectivity index (χ1n) is 5.09. The minimum absolute atomic E-state index is 0.735. The second kappa shape index (κ2) is 4.61. The monoisotopic (exact) mass is 214 g/mol. The van der Waals surface area contributed by atoms with Crippen LogP contribution in [0.4, 0.5) is 5.69 Å². The Labute approximate surface area is 94.6 Å². The van der Waals surface area contributed by atoms with Gasteiger partial charge >= 0.3 is 0 Å². The lowest BCUT2D eigenvalue weighted by atomic mass is 10.3. The molecule has 4 nitrogen and oxygen atoms in total. The zero-order chi connectivity index (χ0) is 11.4. The molecular formula is C12H14N4. The summed E-state index contributed by atoms with van der Waals surface area (Å²) in [6, 6.07) is 2.06. The zero-order valence-corrected chi connectivity index (χ0v) is 9.22. The topological polar surface area (TPSA) is 42.7 Å². The molecule has 4 heteroatoms. The highest BCUT2D eigenvalue weighted by Gasteiger charge is 1.97.